The fraction of sp³-hybridized carbons (Fsp3) is 0.435. The van der Waals surface area contributed by atoms with Crippen LogP contribution in [-0.4, -0.2) is 24.3 Å². The molecule has 0 aliphatic rings. The average Bonchev–Trinajstić information content (AvgIpc) is 2.63. The molecule has 2 aromatic carbocycles. The van der Waals surface area contributed by atoms with Crippen LogP contribution in [0, 0.1) is 0 Å². The molecule has 0 aliphatic heterocycles. The van der Waals surface area contributed by atoms with E-state index in [9.17, 15) is 4.79 Å². The van der Waals surface area contributed by atoms with Crippen LogP contribution < -0.4 is 9.47 Å². The lowest BCUT2D eigenvalue weighted by atomic mass is 9.85. The number of aryl methyl sites for hydroxylation is 2. The van der Waals surface area contributed by atoms with Gasteiger partial charge in [-0.2, -0.15) is 0 Å². The summed E-state index contributed by atoms with van der Waals surface area (Å²) in [5, 5.41) is 8.87. The van der Waals surface area contributed by atoms with Crippen LogP contribution in [0.5, 0.6) is 11.5 Å². The fourth-order valence-corrected chi connectivity index (χ4v) is 2.91. The van der Waals surface area contributed by atoms with Crippen molar-refractivity contribution in [2.24, 2.45) is 0 Å². The number of rotatable bonds is 9. The summed E-state index contributed by atoms with van der Waals surface area (Å²) in [6, 6.07) is 13.9. The first-order valence-corrected chi connectivity index (χ1v) is 9.50. The maximum Gasteiger partial charge on any atom is 0.303 e. The van der Waals surface area contributed by atoms with Crippen LogP contribution in [0.3, 0.4) is 0 Å². The summed E-state index contributed by atoms with van der Waals surface area (Å²) >= 11 is 0. The molecule has 27 heavy (non-hydrogen) atoms. The van der Waals surface area contributed by atoms with Gasteiger partial charge in [-0.05, 0) is 47.1 Å². The molecule has 146 valence electrons. The van der Waals surface area contributed by atoms with Gasteiger partial charge in [0.1, 0.15) is 24.7 Å². The fourth-order valence-electron chi connectivity index (χ4n) is 2.91. The maximum atomic E-state index is 10.8. The quantitative estimate of drug-likeness (QED) is 0.630. The Hall–Kier alpha value is -2.49. The van der Waals surface area contributed by atoms with Gasteiger partial charge in [0.15, 0.2) is 0 Å². The van der Waals surface area contributed by atoms with Gasteiger partial charge < -0.3 is 14.6 Å². The van der Waals surface area contributed by atoms with Crippen molar-refractivity contribution in [2.75, 3.05) is 13.2 Å². The lowest BCUT2D eigenvalue weighted by Crippen LogP contribution is -2.16. The van der Waals surface area contributed by atoms with Crippen molar-refractivity contribution in [1.29, 1.82) is 0 Å². The van der Waals surface area contributed by atoms with Crippen molar-refractivity contribution >= 4 is 5.97 Å². The van der Waals surface area contributed by atoms with E-state index in [0.29, 0.717) is 19.6 Å². The van der Waals surface area contributed by atoms with E-state index in [2.05, 4.69) is 39.8 Å². The second-order valence-corrected chi connectivity index (χ2v) is 7.63. The molecular formula is C23H30O4. The van der Waals surface area contributed by atoms with Crippen LogP contribution in [0.4, 0.5) is 0 Å². The Bertz CT molecular complexity index is 759. The molecule has 0 saturated heterocycles. The van der Waals surface area contributed by atoms with Gasteiger partial charge in [0.05, 0.1) is 0 Å². The number of hydrogen-bond acceptors (Lipinski definition) is 3. The van der Waals surface area contributed by atoms with Crippen LogP contribution >= 0.6 is 0 Å². The van der Waals surface area contributed by atoms with Crippen molar-refractivity contribution in [2.45, 2.75) is 52.4 Å². The van der Waals surface area contributed by atoms with Crippen LogP contribution in [0.2, 0.25) is 0 Å². The number of hydrogen-bond donors (Lipinski definition) is 1. The minimum atomic E-state index is -0.807. The molecule has 0 amide bonds. The third-order valence-corrected chi connectivity index (χ3v) is 4.44. The van der Waals surface area contributed by atoms with Crippen molar-refractivity contribution in [3.63, 3.8) is 0 Å². The highest BCUT2D eigenvalue weighted by atomic mass is 16.5. The average molecular weight is 370 g/mol. The van der Waals surface area contributed by atoms with E-state index in [-0.39, 0.29) is 11.8 Å². The predicted molar refractivity (Wildman–Crippen MR) is 108 cm³/mol. The van der Waals surface area contributed by atoms with Crippen LogP contribution in [-0.2, 0) is 23.1 Å². The highest BCUT2D eigenvalue weighted by Crippen LogP contribution is 2.32. The zero-order valence-electron chi connectivity index (χ0n) is 16.7. The molecule has 0 atom stereocenters. The molecule has 2 aromatic rings. The number of carboxylic acid groups (broad SMARTS) is 1. The van der Waals surface area contributed by atoms with Gasteiger partial charge in [-0.15, -0.1) is 0 Å². The SMILES string of the molecule is CCc1ccc(OCCOc2ccccc2CCC(=O)O)c(C(C)(C)C)c1. The molecule has 0 unspecified atom stereocenters. The van der Waals surface area contributed by atoms with Crippen molar-refractivity contribution < 1.29 is 19.4 Å². The van der Waals surface area contributed by atoms with E-state index in [1.54, 1.807) is 0 Å². The zero-order chi connectivity index (χ0) is 19.9. The molecule has 0 aromatic heterocycles. The third kappa shape index (κ3) is 6.31. The molecule has 0 spiro atoms. The van der Waals surface area contributed by atoms with Crippen molar-refractivity contribution in [3.05, 3.63) is 59.2 Å². The van der Waals surface area contributed by atoms with E-state index in [1.807, 2.05) is 30.3 Å². The monoisotopic (exact) mass is 370 g/mol. The molecule has 4 heteroatoms. The zero-order valence-corrected chi connectivity index (χ0v) is 16.7. The van der Waals surface area contributed by atoms with Gasteiger partial charge in [0.2, 0.25) is 0 Å². The number of carboxylic acids is 1. The number of benzene rings is 2. The van der Waals surface area contributed by atoms with E-state index in [1.165, 1.54) is 11.1 Å². The highest BCUT2D eigenvalue weighted by molar-refractivity contribution is 5.67. The molecule has 2 rings (SSSR count). The van der Waals surface area contributed by atoms with Gasteiger partial charge >= 0.3 is 5.97 Å². The Morgan fingerprint density at radius 3 is 2.30 bits per heavy atom. The third-order valence-electron chi connectivity index (χ3n) is 4.44. The van der Waals surface area contributed by atoms with E-state index in [4.69, 9.17) is 14.6 Å². The Labute approximate surface area is 162 Å². The van der Waals surface area contributed by atoms with Gasteiger partial charge in [-0.1, -0.05) is 58.0 Å². The van der Waals surface area contributed by atoms with E-state index in [0.717, 1.165) is 23.5 Å². The maximum absolute atomic E-state index is 10.8. The van der Waals surface area contributed by atoms with Crippen molar-refractivity contribution in [3.8, 4) is 11.5 Å². The van der Waals surface area contributed by atoms with E-state index >= 15 is 0 Å². The van der Waals surface area contributed by atoms with Crippen molar-refractivity contribution in [1.82, 2.24) is 0 Å². The van der Waals surface area contributed by atoms with E-state index < -0.39 is 5.97 Å². The molecule has 4 nitrogen and oxygen atoms in total. The summed E-state index contributed by atoms with van der Waals surface area (Å²) in [6.07, 6.45) is 1.55. The Morgan fingerprint density at radius 2 is 1.67 bits per heavy atom. The summed E-state index contributed by atoms with van der Waals surface area (Å²) in [4.78, 5) is 10.8. The van der Waals surface area contributed by atoms with Crippen LogP contribution in [0.15, 0.2) is 42.5 Å². The number of para-hydroxylation sites is 1. The predicted octanol–water partition coefficient (Wildman–Crippen LogP) is 5.02. The largest absolute Gasteiger partial charge is 0.490 e. The molecule has 1 N–H and O–H groups in total. The van der Waals surface area contributed by atoms with Gasteiger partial charge in [-0.25, -0.2) is 0 Å². The Morgan fingerprint density at radius 1 is 1.00 bits per heavy atom. The first-order valence-electron chi connectivity index (χ1n) is 9.50. The van der Waals surface area contributed by atoms with Gasteiger partial charge in [0, 0.05) is 6.42 Å². The van der Waals surface area contributed by atoms with Gasteiger partial charge in [-0.3, -0.25) is 4.79 Å². The minimum absolute atomic E-state index is 0.00476. The summed E-state index contributed by atoms with van der Waals surface area (Å²) in [6.45, 7) is 9.54. The molecule has 0 aliphatic carbocycles. The first kappa shape index (κ1) is 20.8. The summed E-state index contributed by atoms with van der Waals surface area (Å²) in [7, 11) is 0. The molecule has 0 bridgehead atoms. The van der Waals surface area contributed by atoms with Gasteiger partial charge in [0.25, 0.3) is 0 Å². The first-order chi connectivity index (χ1) is 12.8. The summed E-state index contributed by atoms with van der Waals surface area (Å²) < 4.78 is 11.8. The lowest BCUT2D eigenvalue weighted by Gasteiger charge is -2.24. The Balaban J connectivity index is 1.97. The summed E-state index contributed by atoms with van der Waals surface area (Å²) in [5.74, 6) is 0.806. The topological polar surface area (TPSA) is 55.8 Å². The molecule has 0 fully saturated rings. The lowest BCUT2D eigenvalue weighted by molar-refractivity contribution is -0.136. The number of carbonyl (C=O) groups is 1. The van der Waals surface area contributed by atoms with Crippen LogP contribution in [0.25, 0.3) is 0 Å². The highest BCUT2D eigenvalue weighted by Gasteiger charge is 2.19. The second-order valence-electron chi connectivity index (χ2n) is 7.63. The van der Waals surface area contributed by atoms with Crippen LogP contribution in [0.1, 0.15) is 50.8 Å². The molecule has 0 saturated carbocycles. The molecular weight excluding hydrogens is 340 g/mol. The molecule has 0 radical (unpaired) electrons. The second kappa shape index (κ2) is 9.45. The number of aliphatic carboxylic acids is 1. The molecule has 0 heterocycles. The standard InChI is InChI=1S/C23H30O4/c1-5-17-10-12-21(19(16-17)23(2,3)4)27-15-14-26-20-9-7-6-8-18(20)11-13-22(24)25/h6-10,12,16H,5,11,13-15H2,1-4H3,(H,24,25). The smallest absolute Gasteiger partial charge is 0.303 e. The number of ether oxygens (including phenoxy) is 2. The summed E-state index contributed by atoms with van der Waals surface area (Å²) in [5.41, 5.74) is 3.41. The Kier molecular flexibility index (Phi) is 7.28. The minimum Gasteiger partial charge on any atom is -0.490 e. The normalized spacial score (nSPS) is 11.3.